The van der Waals surface area contributed by atoms with Crippen LogP contribution in [0.2, 0.25) is 5.02 Å². The average molecular weight is 495 g/mol. The van der Waals surface area contributed by atoms with Crippen molar-refractivity contribution in [2.75, 3.05) is 21.3 Å². The van der Waals surface area contributed by atoms with Crippen molar-refractivity contribution in [2.45, 2.75) is 31.8 Å². The number of methoxy groups -OCH3 is 2. The Morgan fingerprint density at radius 3 is 2.26 bits per heavy atom. The Morgan fingerprint density at radius 1 is 0.914 bits per heavy atom. The largest absolute Gasteiger partial charge is 0.493 e. The molecule has 1 N–H and O–H groups in total. The molecular formula is C28H31ClN2O4. The number of likely N-dealkylation sites (N-methyl/N-ethyl adjacent to an activating group) is 1. The van der Waals surface area contributed by atoms with Crippen LogP contribution in [0.5, 0.6) is 11.5 Å². The second kappa shape index (κ2) is 12.8. The van der Waals surface area contributed by atoms with Gasteiger partial charge >= 0.3 is 0 Å². The molecule has 6 nitrogen and oxygen atoms in total. The number of nitrogens with zero attached hydrogens (tertiary/aromatic N) is 1. The van der Waals surface area contributed by atoms with Gasteiger partial charge in [0, 0.05) is 31.5 Å². The van der Waals surface area contributed by atoms with E-state index in [4.69, 9.17) is 21.1 Å². The zero-order valence-corrected chi connectivity index (χ0v) is 21.0. The van der Waals surface area contributed by atoms with Gasteiger partial charge < -0.3 is 19.7 Å². The summed E-state index contributed by atoms with van der Waals surface area (Å²) in [7, 11) is 4.75. The van der Waals surface area contributed by atoms with E-state index in [1.54, 1.807) is 32.2 Å². The van der Waals surface area contributed by atoms with Crippen LogP contribution in [0.15, 0.2) is 72.8 Å². The quantitative estimate of drug-likeness (QED) is 0.420. The molecule has 1 atom stereocenters. The van der Waals surface area contributed by atoms with Crippen LogP contribution >= 0.6 is 11.6 Å². The predicted molar refractivity (Wildman–Crippen MR) is 138 cm³/mol. The molecule has 0 radical (unpaired) electrons. The molecule has 0 aliphatic heterocycles. The molecule has 184 valence electrons. The van der Waals surface area contributed by atoms with Gasteiger partial charge in [0.15, 0.2) is 11.5 Å². The minimum atomic E-state index is -0.684. The van der Waals surface area contributed by atoms with E-state index >= 15 is 0 Å². The third-order valence-corrected chi connectivity index (χ3v) is 6.26. The fourth-order valence-electron chi connectivity index (χ4n) is 3.96. The highest BCUT2D eigenvalue weighted by molar-refractivity contribution is 6.31. The predicted octanol–water partition coefficient (Wildman–Crippen LogP) is 4.68. The zero-order chi connectivity index (χ0) is 25.2. The zero-order valence-electron chi connectivity index (χ0n) is 20.3. The van der Waals surface area contributed by atoms with Crippen molar-refractivity contribution in [1.29, 1.82) is 0 Å². The first-order valence-electron chi connectivity index (χ1n) is 11.5. The van der Waals surface area contributed by atoms with E-state index in [0.29, 0.717) is 29.4 Å². The number of carbonyl (C=O) groups excluding carboxylic acids is 2. The van der Waals surface area contributed by atoms with Gasteiger partial charge in [-0.15, -0.1) is 0 Å². The highest BCUT2D eigenvalue weighted by Crippen LogP contribution is 2.28. The monoisotopic (exact) mass is 494 g/mol. The smallest absolute Gasteiger partial charge is 0.242 e. The molecule has 35 heavy (non-hydrogen) atoms. The summed E-state index contributed by atoms with van der Waals surface area (Å²) in [5.41, 5.74) is 2.70. The Bertz CT molecular complexity index is 1140. The molecule has 0 aromatic heterocycles. The summed E-state index contributed by atoms with van der Waals surface area (Å²) in [5.74, 6) is 0.882. The molecule has 0 aliphatic carbocycles. The van der Waals surface area contributed by atoms with E-state index < -0.39 is 6.04 Å². The van der Waals surface area contributed by atoms with Gasteiger partial charge in [-0.2, -0.15) is 0 Å². The number of nitrogens with one attached hydrogen (secondary N) is 1. The molecule has 0 saturated carbocycles. The maximum atomic E-state index is 13.6. The van der Waals surface area contributed by atoms with E-state index in [0.717, 1.165) is 16.7 Å². The van der Waals surface area contributed by atoms with Gasteiger partial charge in [0.05, 0.1) is 14.2 Å². The van der Waals surface area contributed by atoms with Gasteiger partial charge in [0.25, 0.3) is 0 Å². The highest BCUT2D eigenvalue weighted by atomic mass is 35.5. The fourth-order valence-corrected chi connectivity index (χ4v) is 4.16. The lowest BCUT2D eigenvalue weighted by Gasteiger charge is -2.31. The molecule has 3 aromatic rings. The third kappa shape index (κ3) is 6.99. The number of rotatable bonds is 11. The average Bonchev–Trinajstić information content (AvgIpc) is 2.90. The number of carbonyl (C=O) groups is 2. The second-order valence-electron chi connectivity index (χ2n) is 8.12. The van der Waals surface area contributed by atoms with Crippen LogP contribution in [0.25, 0.3) is 0 Å². The summed E-state index contributed by atoms with van der Waals surface area (Å²) in [5, 5.41) is 3.28. The van der Waals surface area contributed by atoms with Crippen LogP contribution in [0.4, 0.5) is 0 Å². The van der Waals surface area contributed by atoms with E-state index in [2.05, 4.69) is 5.32 Å². The number of aryl methyl sites for hydroxylation is 1. The summed E-state index contributed by atoms with van der Waals surface area (Å²) in [6, 6.07) is 22.0. The van der Waals surface area contributed by atoms with Crippen molar-refractivity contribution in [2.24, 2.45) is 0 Å². The van der Waals surface area contributed by atoms with Crippen LogP contribution in [-0.2, 0) is 29.0 Å². The van der Waals surface area contributed by atoms with Crippen LogP contribution in [-0.4, -0.2) is 44.0 Å². The molecule has 7 heteroatoms. The minimum Gasteiger partial charge on any atom is -0.493 e. The molecule has 0 heterocycles. The van der Waals surface area contributed by atoms with Crippen LogP contribution in [0.1, 0.15) is 23.1 Å². The van der Waals surface area contributed by atoms with Crippen LogP contribution < -0.4 is 14.8 Å². The molecule has 0 fully saturated rings. The van der Waals surface area contributed by atoms with Crippen molar-refractivity contribution >= 4 is 23.4 Å². The molecule has 0 bridgehead atoms. The number of amides is 2. The van der Waals surface area contributed by atoms with Crippen molar-refractivity contribution in [3.8, 4) is 11.5 Å². The SMILES string of the molecule is CNC(=O)C(Cc1ccccc1)N(Cc1ccccc1Cl)C(=O)CCc1ccc(OC)c(OC)c1. The summed E-state index contributed by atoms with van der Waals surface area (Å²) in [4.78, 5) is 28.2. The van der Waals surface area contributed by atoms with Crippen molar-refractivity contribution < 1.29 is 19.1 Å². The molecule has 3 rings (SSSR count). The van der Waals surface area contributed by atoms with E-state index in [-0.39, 0.29) is 24.8 Å². The molecular weight excluding hydrogens is 464 g/mol. The topological polar surface area (TPSA) is 67.9 Å². The standard InChI is InChI=1S/C28H31ClN2O4/c1-30-28(33)24(17-20-9-5-4-6-10-20)31(19-22-11-7-8-12-23(22)29)27(32)16-14-21-13-15-25(34-2)26(18-21)35-3/h4-13,15,18,24H,14,16-17,19H2,1-3H3,(H,30,33). The Labute approximate surface area is 211 Å². The van der Waals surface area contributed by atoms with Gasteiger partial charge in [-0.3, -0.25) is 9.59 Å². The van der Waals surface area contributed by atoms with Gasteiger partial charge in [0.2, 0.25) is 11.8 Å². The summed E-state index contributed by atoms with van der Waals surface area (Å²) in [6.45, 7) is 0.232. The van der Waals surface area contributed by atoms with Gasteiger partial charge in [-0.05, 0) is 41.3 Å². The minimum absolute atomic E-state index is 0.135. The Morgan fingerprint density at radius 2 is 1.60 bits per heavy atom. The van der Waals surface area contributed by atoms with Gasteiger partial charge in [-0.1, -0.05) is 66.2 Å². The lowest BCUT2D eigenvalue weighted by molar-refractivity contribution is -0.141. The lowest BCUT2D eigenvalue weighted by atomic mass is 10.0. The van der Waals surface area contributed by atoms with E-state index in [1.807, 2.05) is 66.7 Å². The van der Waals surface area contributed by atoms with Crippen molar-refractivity contribution in [3.63, 3.8) is 0 Å². The van der Waals surface area contributed by atoms with Crippen LogP contribution in [0, 0.1) is 0 Å². The van der Waals surface area contributed by atoms with E-state index in [1.165, 1.54) is 0 Å². The second-order valence-corrected chi connectivity index (χ2v) is 8.53. The molecule has 0 spiro atoms. The maximum Gasteiger partial charge on any atom is 0.242 e. The summed E-state index contributed by atoms with van der Waals surface area (Å²) < 4.78 is 10.7. The molecule has 0 aliphatic rings. The normalized spacial score (nSPS) is 11.4. The molecule has 0 saturated heterocycles. The van der Waals surface area contributed by atoms with Crippen molar-refractivity contribution in [1.82, 2.24) is 10.2 Å². The first kappa shape index (κ1) is 26.1. The number of hydrogen-bond donors (Lipinski definition) is 1. The maximum absolute atomic E-state index is 13.6. The summed E-state index contributed by atoms with van der Waals surface area (Å²) in [6.07, 6.45) is 1.11. The first-order valence-corrected chi connectivity index (χ1v) is 11.8. The number of ether oxygens (including phenoxy) is 2. The number of benzene rings is 3. The van der Waals surface area contributed by atoms with Gasteiger partial charge in [0.1, 0.15) is 6.04 Å². The van der Waals surface area contributed by atoms with E-state index in [9.17, 15) is 9.59 Å². The lowest BCUT2D eigenvalue weighted by Crippen LogP contribution is -2.49. The molecule has 2 amide bonds. The number of hydrogen-bond acceptors (Lipinski definition) is 4. The van der Waals surface area contributed by atoms with Crippen molar-refractivity contribution in [3.05, 3.63) is 94.5 Å². The van der Waals surface area contributed by atoms with Crippen LogP contribution in [0.3, 0.4) is 0 Å². The first-order chi connectivity index (χ1) is 17.0. The summed E-state index contributed by atoms with van der Waals surface area (Å²) >= 11 is 6.42. The highest BCUT2D eigenvalue weighted by Gasteiger charge is 2.30. The van der Waals surface area contributed by atoms with Gasteiger partial charge in [-0.25, -0.2) is 0 Å². The third-order valence-electron chi connectivity index (χ3n) is 5.89. The fraction of sp³-hybridized carbons (Fsp3) is 0.286. The Balaban J connectivity index is 1.88. The number of halogens is 1. The molecule has 3 aromatic carbocycles. The molecule has 1 unspecified atom stereocenters. The Kier molecular flexibility index (Phi) is 9.56. The Hall–Kier alpha value is -3.51.